The van der Waals surface area contributed by atoms with Gasteiger partial charge in [0.05, 0.1) is 0 Å². The summed E-state index contributed by atoms with van der Waals surface area (Å²) in [4.78, 5) is 0. The van der Waals surface area contributed by atoms with Crippen LogP contribution in [0.25, 0.3) is 0 Å². The van der Waals surface area contributed by atoms with Crippen molar-refractivity contribution < 1.29 is 0 Å². The lowest BCUT2D eigenvalue weighted by Crippen LogP contribution is -1.97. The van der Waals surface area contributed by atoms with Crippen molar-refractivity contribution in [3.63, 3.8) is 0 Å². The number of hydrogen-bond acceptors (Lipinski definition) is 0. The largest absolute Gasteiger partial charge is 0.127 e. The molecule has 0 atom stereocenters. The van der Waals surface area contributed by atoms with Crippen molar-refractivity contribution in [2.75, 3.05) is 5.88 Å². The van der Waals surface area contributed by atoms with Gasteiger partial charge in [0, 0.05) is 5.88 Å². The second kappa shape index (κ2) is 10.1. The van der Waals surface area contributed by atoms with Gasteiger partial charge in [-0.15, -0.1) is 11.6 Å². The first-order valence-electron chi connectivity index (χ1n) is 5.17. The summed E-state index contributed by atoms with van der Waals surface area (Å²) in [5.74, 6) is 0.827. The van der Waals surface area contributed by atoms with Gasteiger partial charge in [-0.25, -0.2) is 0 Å². The molecule has 0 spiro atoms. The minimum atomic E-state index is 0.370. The van der Waals surface area contributed by atoms with Crippen molar-refractivity contribution in [2.45, 2.75) is 53.9 Å². The van der Waals surface area contributed by atoms with Crippen LogP contribution in [0.15, 0.2) is 12.2 Å². The molecule has 0 rings (SSSR count). The quantitative estimate of drug-likeness (QED) is 0.344. The highest BCUT2D eigenvalue weighted by molar-refractivity contribution is 6.17. The van der Waals surface area contributed by atoms with Crippen LogP contribution in [-0.4, -0.2) is 5.88 Å². The first kappa shape index (κ1) is 15.5. The zero-order valence-corrected chi connectivity index (χ0v) is 10.6. The summed E-state index contributed by atoms with van der Waals surface area (Å²) < 4.78 is 0. The molecule has 0 amide bonds. The van der Waals surface area contributed by atoms with Crippen LogP contribution in [0.3, 0.4) is 0 Å². The van der Waals surface area contributed by atoms with Crippen LogP contribution in [-0.2, 0) is 0 Å². The van der Waals surface area contributed by atoms with E-state index >= 15 is 0 Å². The molecule has 0 radical (unpaired) electrons. The SMILES string of the molecule is CC=CC(C)(C)C.CCCCCCl. The lowest BCUT2D eigenvalue weighted by Gasteiger charge is -2.09. The first-order chi connectivity index (χ1) is 5.97. The monoisotopic (exact) mass is 204 g/mol. The van der Waals surface area contributed by atoms with Gasteiger partial charge in [-0.1, -0.05) is 52.7 Å². The molecule has 0 heterocycles. The average Bonchev–Trinajstić information content (AvgIpc) is 1.99. The fourth-order valence-electron chi connectivity index (χ4n) is 0.844. The van der Waals surface area contributed by atoms with E-state index in [4.69, 9.17) is 11.6 Å². The van der Waals surface area contributed by atoms with Gasteiger partial charge in [0.25, 0.3) is 0 Å². The number of alkyl halides is 1. The van der Waals surface area contributed by atoms with Crippen LogP contribution in [0.5, 0.6) is 0 Å². The van der Waals surface area contributed by atoms with Crippen LogP contribution < -0.4 is 0 Å². The molecule has 0 aromatic carbocycles. The molecule has 0 unspecified atom stereocenters. The first-order valence-corrected chi connectivity index (χ1v) is 5.71. The van der Waals surface area contributed by atoms with Crippen molar-refractivity contribution >= 4 is 11.6 Å². The van der Waals surface area contributed by atoms with E-state index in [1.54, 1.807) is 0 Å². The molecular weight excluding hydrogens is 180 g/mol. The second-order valence-electron chi connectivity index (χ2n) is 4.26. The number of rotatable bonds is 3. The van der Waals surface area contributed by atoms with E-state index in [-0.39, 0.29) is 0 Å². The highest BCUT2D eigenvalue weighted by Gasteiger charge is 2.00. The molecule has 0 bridgehead atoms. The summed E-state index contributed by atoms with van der Waals surface area (Å²) in [5, 5.41) is 0. The van der Waals surface area contributed by atoms with Crippen LogP contribution in [0.1, 0.15) is 53.9 Å². The van der Waals surface area contributed by atoms with Gasteiger partial charge < -0.3 is 0 Å². The van der Waals surface area contributed by atoms with Crippen molar-refractivity contribution in [1.82, 2.24) is 0 Å². The summed E-state index contributed by atoms with van der Waals surface area (Å²) in [6.45, 7) is 10.8. The van der Waals surface area contributed by atoms with Crippen molar-refractivity contribution in [2.24, 2.45) is 5.41 Å². The summed E-state index contributed by atoms with van der Waals surface area (Å²) >= 11 is 5.38. The Morgan fingerprint density at radius 1 is 1.15 bits per heavy atom. The third kappa shape index (κ3) is 24.5. The highest BCUT2D eigenvalue weighted by Crippen LogP contribution is 2.13. The Morgan fingerprint density at radius 3 is 1.77 bits per heavy atom. The van der Waals surface area contributed by atoms with Gasteiger partial charge in [0.1, 0.15) is 0 Å². The molecule has 0 nitrogen and oxygen atoms in total. The van der Waals surface area contributed by atoms with Crippen LogP contribution in [0.4, 0.5) is 0 Å². The van der Waals surface area contributed by atoms with Crippen molar-refractivity contribution in [1.29, 1.82) is 0 Å². The van der Waals surface area contributed by atoms with Gasteiger partial charge in [-0.05, 0) is 18.8 Å². The Hall–Kier alpha value is 0.0300. The van der Waals surface area contributed by atoms with E-state index < -0.39 is 0 Å². The van der Waals surface area contributed by atoms with Crippen LogP contribution in [0.2, 0.25) is 0 Å². The molecule has 0 aromatic rings. The van der Waals surface area contributed by atoms with Crippen molar-refractivity contribution in [3.8, 4) is 0 Å². The molecule has 13 heavy (non-hydrogen) atoms. The number of allylic oxidation sites excluding steroid dienone is 2. The lowest BCUT2D eigenvalue weighted by atomic mass is 9.97. The Morgan fingerprint density at radius 2 is 1.69 bits per heavy atom. The van der Waals surface area contributed by atoms with Crippen LogP contribution in [0, 0.1) is 5.41 Å². The molecule has 1 heteroatoms. The smallest absolute Gasteiger partial charge is 0.0223 e. The summed E-state index contributed by atoms with van der Waals surface area (Å²) in [6, 6.07) is 0. The Labute approximate surface area is 89.4 Å². The average molecular weight is 205 g/mol. The lowest BCUT2D eigenvalue weighted by molar-refractivity contribution is 0.543. The van der Waals surface area contributed by atoms with E-state index in [1.807, 2.05) is 6.92 Å². The minimum absolute atomic E-state index is 0.370. The van der Waals surface area contributed by atoms with Gasteiger partial charge in [-0.2, -0.15) is 0 Å². The zero-order chi connectivity index (χ0) is 10.7. The van der Waals surface area contributed by atoms with Gasteiger partial charge >= 0.3 is 0 Å². The van der Waals surface area contributed by atoms with E-state index in [2.05, 4.69) is 39.8 Å². The molecule has 0 aliphatic heterocycles. The Balaban J connectivity index is 0. The zero-order valence-electron chi connectivity index (χ0n) is 9.86. The van der Waals surface area contributed by atoms with Crippen LogP contribution >= 0.6 is 11.6 Å². The standard InChI is InChI=1S/C7H14.C5H11Cl/c1-5-6-7(2,3)4;1-2-3-4-5-6/h5-6H,1-4H3;2-5H2,1H3. The predicted octanol–water partition coefficient (Wildman–Crippen LogP) is 5.02. The molecular formula is C12H25Cl. The van der Waals surface area contributed by atoms with Gasteiger partial charge in [-0.3, -0.25) is 0 Å². The maximum atomic E-state index is 5.38. The topological polar surface area (TPSA) is 0 Å². The third-order valence-electron chi connectivity index (χ3n) is 1.40. The summed E-state index contributed by atoms with van der Waals surface area (Å²) in [7, 11) is 0. The van der Waals surface area contributed by atoms with Gasteiger partial charge in [0.15, 0.2) is 0 Å². The summed E-state index contributed by atoms with van der Waals surface area (Å²) in [5.41, 5.74) is 0.370. The molecule has 0 N–H and O–H groups in total. The molecule has 80 valence electrons. The molecule has 0 aromatic heterocycles. The molecule has 0 saturated heterocycles. The van der Waals surface area contributed by atoms with E-state index in [1.165, 1.54) is 19.3 Å². The fraction of sp³-hybridized carbons (Fsp3) is 0.833. The second-order valence-corrected chi connectivity index (χ2v) is 4.64. The van der Waals surface area contributed by atoms with E-state index in [0.717, 1.165) is 5.88 Å². The predicted molar refractivity (Wildman–Crippen MR) is 64.5 cm³/mol. The van der Waals surface area contributed by atoms with Gasteiger partial charge in [0.2, 0.25) is 0 Å². The highest BCUT2D eigenvalue weighted by atomic mass is 35.5. The Kier molecular flexibility index (Phi) is 12.1. The summed E-state index contributed by atoms with van der Waals surface area (Å²) in [6.07, 6.45) is 8.00. The maximum Gasteiger partial charge on any atom is 0.0223 e. The Bertz CT molecular complexity index is 105. The fourth-order valence-corrected chi connectivity index (χ4v) is 1.03. The molecule has 0 aliphatic rings. The minimum Gasteiger partial charge on any atom is -0.127 e. The molecule has 0 aliphatic carbocycles. The number of halogens is 1. The molecule has 0 saturated carbocycles. The number of hydrogen-bond donors (Lipinski definition) is 0. The third-order valence-corrected chi connectivity index (χ3v) is 1.67. The normalized spacial score (nSPS) is 11.2. The number of unbranched alkanes of at least 4 members (excludes halogenated alkanes) is 2. The van der Waals surface area contributed by atoms with E-state index in [9.17, 15) is 0 Å². The molecule has 0 fully saturated rings. The van der Waals surface area contributed by atoms with Crippen molar-refractivity contribution in [3.05, 3.63) is 12.2 Å². The maximum absolute atomic E-state index is 5.38. The van der Waals surface area contributed by atoms with E-state index in [0.29, 0.717) is 5.41 Å².